The number of hydrogen-bond donors (Lipinski definition) is 0. The summed E-state index contributed by atoms with van der Waals surface area (Å²) in [6.07, 6.45) is 0.0534. The van der Waals surface area contributed by atoms with Gasteiger partial charge in [0.2, 0.25) is 5.91 Å². The van der Waals surface area contributed by atoms with Crippen LogP contribution in [0, 0.1) is 11.6 Å². The van der Waals surface area contributed by atoms with Gasteiger partial charge in [-0.1, -0.05) is 12.1 Å². The van der Waals surface area contributed by atoms with Crippen LogP contribution in [0.5, 0.6) is 5.75 Å². The Labute approximate surface area is 156 Å². The van der Waals surface area contributed by atoms with E-state index in [4.69, 9.17) is 4.74 Å². The minimum Gasteiger partial charge on any atom is -0.482 e. The van der Waals surface area contributed by atoms with Crippen LogP contribution in [0.4, 0.5) is 14.5 Å². The Morgan fingerprint density at radius 2 is 2.00 bits per heavy atom. The fraction of sp³-hybridized carbons (Fsp3) is 0.300. The van der Waals surface area contributed by atoms with E-state index >= 15 is 0 Å². The van der Waals surface area contributed by atoms with Gasteiger partial charge >= 0.3 is 0 Å². The summed E-state index contributed by atoms with van der Waals surface area (Å²) in [4.78, 5) is 27.6. The van der Waals surface area contributed by atoms with Crippen molar-refractivity contribution in [3.05, 3.63) is 59.7 Å². The van der Waals surface area contributed by atoms with Gasteiger partial charge in [0.25, 0.3) is 5.91 Å². The molecule has 1 atom stereocenters. The first kappa shape index (κ1) is 18.8. The quantitative estimate of drug-likeness (QED) is 0.807. The number of benzene rings is 2. The topological polar surface area (TPSA) is 49.9 Å². The van der Waals surface area contributed by atoms with E-state index in [1.54, 1.807) is 31.2 Å². The number of carbonyl (C=O) groups excluding carboxylic acids is 2. The second-order valence-corrected chi connectivity index (χ2v) is 6.40. The molecule has 0 aliphatic carbocycles. The summed E-state index contributed by atoms with van der Waals surface area (Å²) >= 11 is 0. The van der Waals surface area contributed by atoms with Crippen LogP contribution in [0.3, 0.4) is 0 Å². The van der Waals surface area contributed by atoms with E-state index in [1.807, 2.05) is 0 Å². The number of nitrogens with zero attached hydrogens (tertiary/aromatic N) is 2. The van der Waals surface area contributed by atoms with Gasteiger partial charge in [-0.25, -0.2) is 8.78 Å². The number of carbonyl (C=O) groups is 2. The van der Waals surface area contributed by atoms with Crippen molar-refractivity contribution in [3.63, 3.8) is 0 Å². The normalized spacial score (nSPS) is 14.4. The molecule has 1 aliphatic rings. The fourth-order valence-corrected chi connectivity index (χ4v) is 3.04. The molecule has 0 saturated heterocycles. The molecule has 1 aliphatic heterocycles. The summed E-state index contributed by atoms with van der Waals surface area (Å²) in [5.74, 6) is -1.04. The maximum atomic E-state index is 14.0. The van der Waals surface area contributed by atoms with E-state index in [0.717, 1.165) is 18.2 Å². The van der Waals surface area contributed by atoms with Gasteiger partial charge in [-0.2, -0.15) is 0 Å². The van der Waals surface area contributed by atoms with E-state index < -0.39 is 17.7 Å². The molecule has 3 rings (SSSR count). The molecule has 0 fully saturated rings. The van der Waals surface area contributed by atoms with Crippen molar-refractivity contribution in [1.29, 1.82) is 0 Å². The summed E-state index contributed by atoms with van der Waals surface area (Å²) in [5.41, 5.74) is 0.729. The molecule has 142 valence electrons. The van der Waals surface area contributed by atoms with E-state index in [2.05, 4.69) is 0 Å². The molecule has 1 unspecified atom stereocenters. The van der Waals surface area contributed by atoms with E-state index in [1.165, 1.54) is 16.8 Å². The highest BCUT2D eigenvalue weighted by Crippen LogP contribution is 2.31. The van der Waals surface area contributed by atoms with Gasteiger partial charge in [0, 0.05) is 25.6 Å². The molecule has 0 saturated carbocycles. The van der Waals surface area contributed by atoms with Gasteiger partial charge in [0.05, 0.1) is 11.7 Å². The minimum atomic E-state index is -0.638. The molecule has 7 heteroatoms. The minimum absolute atomic E-state index is 0.0534. The molecular formula is C20H20F2N2O3. The second kappa shape index (κ2) is 7.73. The number of anilines is 1. The molecule has 2 aromatic rings. The lowest BCUT2D eigenvalue weighted by atomic mass is 10.1. The van der Waals surface area contributed by atoms with Gasteiger partial charge in [-0.15, -0.1) is 0 Å². The standard InChI is InChI=1S/C20H20F2N2O3/c1-13(15-11-14(21)7-8-16(15)22)23(2)19(25)9-10-24-17-5-3-4-6-18(17)27-12-20(24)26/h3-8,11,13H,9-10,12H2,1-2H3. The zero-order chi connectivity index (χ0) is 19.6. The van der Waals surface area contributed by atoms with Crippen molar-refractivity contribution in [1.82, 2.24) is 4.90 Å². The highest BCUT2D eigenvalue weighted by molar-refractivity contribution is 5.98. The number of amides is 2. The van der Waals surface area contributed by atoms with Crippen molar-refractivity contribution in [2.24, 2.45) is 0 Å². The molecular weight excluding hydrogens is 354 g/mol. The molecule has 5 nitrogen and oxygen atoms in total. The van der Waals surface area contributed by atoms with E-state index in [-0.39, 0.29) is 37.0 Å². The lowest BCUT2D eigenvalue weighted by Gasteiger charge is -2.30. The monoisotopic (exact) mass is 374 g/mol. The molecule has 27 heavy (non-hydrogen) atoms. The highest BCUT2D eigenvalue weighted by atomic mass is 19.1. The Bertz CT molecular complexity index is 872. The highest BCUT2D eigenvalue weighted by Gasteiger charge is 2.27. The maximum Gasteiger partial charge on any atom is 0.265 e. The van der Waals surface area contributed by atoms with Crippen LogP contribution in [-0.4, -0.2) is 36.9 Å². The number of halogens is 2. The number of ether oxygens (including phenoxy) is 1. The zero-order valence-corrected chi connectivity index (χ0v) is 15.1. The van der Waals surface area contributed by atoms with Gasteiger partial charge in [-0.3, -0.25) is 9.59 Å². The Morgan fingerprint density at radius 3 is 2.78 bits per heavy atom. The molecule has 0 radical (unpaired) electrons. The Balaban J connectivity index is 1.69. The molecule has 2 aromatic carbocycles. The third-order valence-corrected chi connectivity index (χ3v) is 4.74. The first-order chi connectivity index (χ1) is 12.9. The summed E-state index contributed by atoms with van der Waals surface area (Å²) in [6.45, 7) is 1.73. The van der Waals surface area contributed by atoms with E-state index in [9.17, 15) is 18.4 Å². The Morgan fingerprint density at radius 1 is 1.26 bits per heavy atom. The average molecular weight is 374 g/mol. The van der Waals surface area contributed by atoms with Crippen LogP contribution in [0.1, 0.15) is 24.9 Å². The summed E-state index contributed by atoms with van der Waals surface area (Å²) < 4.78 is 32.8. The van der Waals surface area contributed by atoms with Gasteiger partial charge < -0.3 is 14.5 Å². The fourth-order valence-electron chi connectivity index (χ4n) is 3.04. The molecule has 0 spiro atoms. The zero-order valence-electron chi connectivity index (χ0n) is 15.1. The molecule has 0 N–H and O–H groups in total. The van der Waals surface area contributed by atoms with E-state index in [0.29, 0.717) is 11.4 Å². The van der Waals surface area contributed by atoms with Crippen LogP contribution >= 0.6 is 0 Å². The van der Waals surface area contributed by atoms with Crippen LogP contribution in [0.2, 0.25) is 0 Å². The first-order valence-electron chi connectivity index (χ1n) is 8.61. The molecule has 0 bridgehead atoms. The number of rotatable bonds is 5. The molecule has 2 amide bonds. The summed E-state index contributed by atoms with van der Waals surface area (Å²) in [6, 6.07) is 9.64. The molecule has 1 heterocycles. The van der Waals surface area contributed by atoms with Crippen LogP contribution in [0.25, 0.3) is 0 Å². The van der Waals surface area contributed by atoms with Crippen molar-refractivity contribution < 1.29 is 23.1 Å². The average Bonchev–Trinajstić information content (AvgIpc) is 2.67. The third-order valence-electron chi connectivity index (χ3n) is 4.74. The van der Waals surface area contributed by atoms with Crippen molar-refractivity contribution in [2.45, 2.75) is 19.4 Å². The maximum absolute atomic E-state index is 14.0. The van der Waals surface area contributed by atoms with Crippen molar-refractivity contribution >= 4 is 17.5 Å². The summed E-state index contributed by atoms with van der Waals surface area (Å²) in [7, 11) is 1.53. The van der Waals surface area contributed by atoms with Crippen LogP contribution < -0.4 is 9.64 Å². The lowest BCUT2D eigenvalue weighted by Crippen LogP contribution is -2.41. The summed E-state index contributed by atoms with van der Waals surface area (Å²) in [5, 5.41) is 0. The van der Waals surface area contributed by atoms with Gasteiger partial charge in [0.1, 0.15) is 17.4 Å². The van der Waals surface area contributed by atoms with Crippen molar-refractivity contribution in [3.8, 4) is 5.75 Å². The first-order valence-corrected chi connectivity index (χ1v) is 8.61. The Hall–Kier alpha value is -2.96. The number of fused-ring (bicyclic) bond motifs is 1. The van der Waals surface area contributed by atoms with Gasteiger partial charge in [0.15, 0.2) is 6.61 Å². The third kappa shape index (κ3) is 3.92. The number of hydrogen-bond acceptors (Lipinski definition) is 3. The van der Waals surface area contributed by atoms with Crippen LogP contribution in [-0.2, 0) is 9.59 Å². The van der Waals surface area contributed by atoms with Crippen molar-refractivity contribution in [2.75, 3.05) is 25.1 Å². The molecule has 0 aromatic heterocycles. The number of para-hydroxylation sites is 2. The lowest BCUT2D eigenvalue weighted by molar-refractivity contribution is -0.131. The largest absolute Gasteiger partial charge is 0.482 e. The Kier molecular flexibility index (Phi) is 5.39. The van der Waals surface area contributed by atoms with Gasteiger partial charge in [-0.05, 0) is 37.3 Å². The predicted octanol–water partition coefficient (Wildman–Crippen LogP) is 3.30. The van der Waals surface area contributed by atoms with Crippen LogP contribution in [0.15, 0.2) is 42.5 Å². The predicted molar refractivity (Wildman–Crippen MR) is 96.5 cm³/mol. The second-order valence-electron chi connectivity index (χ2n) is 6.40. The SMILES string of the molecule is CC(c1cc(F)ccc1F)N(C)C(=O)CCN1C(=O)COc2ccccc21. The smallest absolute Gasteiger partial charge is 0.265 e.